The molecule has 0 aliphatic heterocycles. The van der Waals surface area contributed by atoms with E-state index in [-0.39, 0.29) is 11.3 Å². The predicted molar refractivity (Wildman–Crippen MR) is 71.5 cm³/mol. The number of rotatable bonds is 4. The summed E-state index contributed by atoms with van der Waals surface area (Å²) in [6, 6.07) is 11.3. The van der Waals surface area contributed by atoms with Gasteiger partial charge in [0.05, 0.1) is 7.11 Å². The minimum atomic E-state index is -1.09. The number of hydrogen-bond donors (Lipinski definition) is 1. The standard InChI is InChI=1S/C14H11ClO4/c1-18-10-5-6-13(12(8-10)14(16)17)19-11-4-2-3-9(15)7-11/h2-8H,1H3,(H,16,17). The minimum Gasteiger partial charge on any atom is -0.497 e. The Kier molecular flexibility index (Phi) is 3.92. The van der Waals surface area contributed by atoms with Crippen molar-refractivity contribution in [1.82, 2.24) is 0 Å². The number of carboxylic acid groups (broad SMARTS) is 1. The molecule has 1 N–H and O–H groups in total. The molecule has 19 heavy (non-hydrogen) atoms. The van der Waals surface area contributed by atoms with Crippen LogP contribution in [-0.2, 0) is 0 Å². The van der Waals surface area contributed by atoms with E-state index in [9.17, 15) is 4.79 Å². The maximum Gasteiger partial charge on any atom is 0.339 e. The summed E-state index contributed by atoms with van der Waals surface area (Å²) in [6.45, 7) is 0. The lowest BCUT2D eigenvalue weighted by Gasteiger charge is -2.10. The van der Waals surface area contributed by atoms with Gasteiger partial charge in [0.15, 0.2) is 0 Å². The molecule has 4 nitrogen and oxygen atoms in total. The van der Waals surface area contributed by atoms with Crippen LogP contribution in [0, 0.1) is 0 Å². The lowest BCUT2D eigenvalue weighted by atomic mass is 10.2. The van der Waals surface area contributed by atoms with E-state index < -0.39 is 5.97 Å². The molecule has 0 atom stereocenters. The maximum atomic E-state index is 11.2. The normalized spacial score (nSPS) is 10.0. The van der Waals surface area contributed by atoms with Gasteiger partial charge in [-0.3, -0.25) is 0 Å². The molecule has 5 heteroatoms. The Hall–Kier alpha value is -2.20. The lowest BCUT2D eigenvalue weighted by molar-refractivity contribution is 0.0693. The van der Waals surface area contributed by atoms with Crippen molar-refractivity contribution in [2.75, 3.05) is 7.11 Å². The van der Waals surface area contributed by atoms with Crippen molar-refractivity contribution in [1.29, 1.82) is 0 Å². The van der Waals surface area contributed by atoms with E-state index in [1.54, 1.807) is 36.4 Å². The summed E-state index contributed by atoms with van der Waals surface area (Å²) in [7, 11) is 1.47. The molecule has 0 fully saturated rings. The first-order valence-corrected chi connectivity index (χ1v) is 5.82. The zero-order valence-corrected chi connectivity index (χ0v) is 10.8. The summed E-state index contributed by atoms with van der Waals surface area (Å²) in [5.41, 5.74) is 0.0272. The summed E-state index contributed by atoms with van der Waals surface area (Å²) in [4.78, 5) is 11.2. The molecule has 0 aliphatic carbocycles. The third-order valence-corrected chi connectivity index (χ3v) is 2.68. The molecule has 0 heterocycles. The van der Waals surface area contributed by atoms with E-state index in [0.29, 0.717) is 16.5 Å². The minimum absolute atomic E-state index is 0.0272. The number of methoxy groups -OCH3 is 1. The van der Waals surface area contributed by atoms with Crippen LogP contribution in [0.15, 0.2) is 42.5 Å². The zero-order valence-electron chi connectivity index (χ0n) is 10.1. The predicted octanol–water partition coefficient (Wildman–Crippen LogP) is 3.84. The highest BCUT2D eigenvalue weighted by Gasteiger charge is 2.13. The van der Waals surface area contributed by atoms with Gasteiger partial charge in [0.2, 0.25) is 0 Å². The summed E-state index contributed by atoms with van der Waals surface area (Å²) in [5, 5.41) is 9.67. The van der Waals surface area contributed by atoms with E-state index in [0.717, 1.165) is 0 Å². The molecule has 0 saturated heterocycles. The molecule has 98 valence electrons. The smallest absolute Gasteiger partial charge is 0.339 e. The van der Waals surface area contributed by atoms with Crippen LogP contribution in [-0.4, -0.2) is 18.2 Å². The van der Waals surface area contributed by atoms with Gasteiger partial charge in [-0.05, 0) is 36.4 Å². The van der Waals surface area contributed by atoms with Crippen molar-refractivity contribution in [3.8, 4) is 17.2 Å². The molecule has 0 bridgehead atoms. The third-order valence-electron chi connectivity index (χ3n) is 2.44. The van der Waals surface area contributed by atoms with Crippen LogP contribution < -0.4 is 9.47 Å². The molecular formula is C14H11ClO4. The van der Waals surface area contributed by atoms with Gasteiger partial charge in [0.25, 0.3) is 0 Å². The fourth-order valence-corrected chi connectivity index (χ4v) is 1.73. The Bertz CT molecular complexity index is 610. The average molecular weight is 279 g/mol. The molecule has 0 amide bonds. The number of ether oxygens (including phenoxy) is 2. The Balaban J connectivity index is 2.36. The van der Waals surface area contributed by atoms with Gasteiger partial charge in [-0.25, -0.2) is 4.79 Å². The summed E-state index contributed by atoms with van der Waals surface area (Å²) in [6.07, 6.45) is 0. The van der Waals surface area contributed by atoms with Gasteiger partial charge < -0.3 is 14.6 Å². The van der Waals surface area contributed by atoms with E-state index in [2.05, 4.69) is 0 Å². The fourth-order valence-electron chi connectivity index (χ4n) is 1.55. The SMILES string of the molecule is COc1ccc(Oc2cccc(Cl)c2)c(C(=O)O)c1. The number of aromatic carboxylic acids is 1. The van der Waals surface area contributed by atoms with E-state index in [1.165, 1.54) is 13.2 Å². The third kappa shape index (κ3) is 3.17. The fraction of sp³-hybridized carbons (Fsp3) is 0.0714. The topological polar surface area (TPSA) is 55.8 Å². The van der Waals surface area contributed by atoms with Crippen LogP contribution in [0.2, 0.25) is 5.02 Å². The lowest BCUT2D eigenvalue weighted by Crippen LogP contribution is -2.00. The number of carboxylic acids is 1. The summed E-state index contributed by atoms with van der Waals surface area (Å²) in [5.74, 6) is 0.0718. The number of carbonyl (C=O) groups is 1. The quantitative estimate of drug-likeness (QED) is 0.923. The van der Waals surface area contributed by atoms with Crippen molar-refractivity contribution >= 4 is 17.6 Å². The highest BCUT2D eigenvalue weighted by atomic mass is 35.5. The van der Waals surface area contributed by atoms with Crippen molar-refractivity contribution in [3.63, 3.8) is 0 Å². The maximum absolute atomic E-state index is 11.2. The van der Waals surface area contributed by atoms with Crippen LogP contribution in [0.25, 0.3) is 0 Å². The van der Waals surface area contributed by atoms with Crippen molar-refractivity contribution in [2.45, 2.75) is 0 Å². The Morgan fingerprint density at radius 1 is 1.16 bits per heavy atom. The molecule has 0 aliphatic rings. The first kappa shape index (κ1) is 13.2. The molecule has 2 rings (SSSR count). The second-order valence-corrected chi connectivity index (χ2v) is 4.16. The molecular weight excluding hydrogens is 268 g/mol. The highest BCUT2D eigenvalue weighted by Crippen LogP contribution is 2.29. The van der Waals surface area contributed by atoms with Crippen molar-refractivity contribution in [3.05, 3.63) is 53.1 Å². The largest absolute Gasteiger partial charge is 0.497 e. The molecule has 0 radical (unpaired) electrons. The highest BCUT2D eigenvalue weighted by molar-refractivity contribution is 6.30. The number of hydrogen-bond acceptors (Lipinski definition) is 3. The van der Waals surface area contributed by atoms with E-state index in [4.69, 9.17) is 26.2 Å². The van der Waals surface area contributed by atoms with Crippen molar-refractivity contribution in [2.24, 2.45) is 0 Å². The Morgan fingerprint density at radius 2 is 1.95 bits per heavy atom. The summed E-state index contributed by atoms with van der Waals surface area (Å²) >= 11 is 5.84. The van der Waals surface area contributed by atoms with Gasteiger partial charge in [-0.1, -0.05) is 17.7 Å². The van der Waals surface area contributed by atoms with E-state index in [1.807, 2.05) is 0 Å². The number of halogens is 1. The van der Waals surface area contributed by atoms with Gasteiger partial charge in [0, 0.05) is 5.02 Å². The monoisotopic (exact) mass is 278 g/mol. The Morgan fingerprint density at radius 3 is 2.58 bits per heavy atom. The van der Waals surface area contributed by atoms with Crippen LogP contribution >= 0.6 is 11.6 Å². The molecule has 2 aromatic rings. The zero-order chi connectivity index (χ0) is 13.8. The first-order chi connectivity index (χ1) is 9.10. The van der Waals surface area contributed by atoms with Crippen molar-refractivity contribution < 1.29 is 19.4 Å². The van der Waals surface area contributed by atoms with Crippen LogP contribution in [0.3, 0.4) is 0 Å². The number of benzene rings is 2. The molecule has 0 aromatic heterocycles. The average Bonchev–Trinajstić information content (AvgIpc) is 2.39. The van der Waals surface area contributed by atoms with Crippen LogP contribution in [0.5, 0.6) is 17.2 Å². The molecule has 0 unspecified atom stereocenters. The second-order valence-electron chi connectivity index (χ2n) is 3.73. The van der Waals surface area contributed by atoms with E-state index >= 15 is 0 Å². The molecule has 0 saturated carbocycles. The Labute approximate surface area is 115 Å². The van der Waals surface area contributed by atoms with Crippen LogP contribution in [0.1, 0.15) is 10.4 Å². The van der Waals surface area contributed by atoms with Crippen LogP contribution in [0.4, 0.5) is 0 Å². The second kappa shape index (κ2) is 5.63. The first-order valence-electron chi connectivity index (χ1n) is 5.45. The van der Waals surface area contributed by atoms with Gasteiger partial charge in [-0.2, -0.15) is 0 Å². The summed E-state index contributed by atoms with van der Waals surface area (Å²) < 4.78 is 10.5. The van der Waals surface area contributed by atoms with Gasteiger partial charge >= 0.3 is 5.97 Å². The molecule has 0 spiro atoms. The van der Waals surface area contributed by atoms with Gasteiger partial charge in [0.1, 0.15) is 22.8 Å². The molecule has 2 aromatic carbocycles. The van der Waals surface area contributed by atoms with Gasteiger partial charge in [-0.15, -0.1) is 0 Å².